The van der Waals surface area contributed by atoms with Crippen LogP contribution >= 0.6 is 11.3 Å². The number of nitrogens with one attached hydrogen (secondary N) is 1. The summed E-state index contributed by atoms with van der Waals surface area (Å²) in [5, 5.41) is 5.19. The van der Waals surface area contributed by atoms with Gasteiger partial charge in [-0.05, 0) is 18.4 Å². The average Bonchev–Trinajstić information content (AvgIpc) is 3.15. The molecule has 5 nitrogen and oxygen atoms in total. The standard InChI is InChI=1S/C14H17N5S/c1-10(11-5-4-8-20-11)18(3)14-13-16-6-7-19(13)9-12(15-2)17-14/h4-10,15H,1-3H3. The van der Waals surface area contributed by atoms with Gasteiger partial charge >= 0.3 is 0 Å². The second kappa shape index (κ2) is 5.13. The van der Waals surface area contributed by atoms with Crippen molar-refractivity contribution in [2.45, 2.75) is 13.0 Å². The Bertz CT molecular complexity index is 704. The number of nitrogens with zero attached hydrogens (tertiary/aromatic N) is 4. The molecule has 1 atom stereocenters. The van der Waals surface area contributed by atoms with Gasteiger partial charge in [0.2, 0.25) is 0 Å². The van der Waals surface area contributed by atoms with E-state index in [2.05, 4.69) is 51.7 Å². The first-order chi connectivity index (χ1) is 9.70. The first-order valence-corrected chi connectivity index (χ1v) is 7.36. The van der Waals surface area contributed by atoms with Crippen LogP contribution < -0.4 is 10.2 Å². The summed E-state index contributed by atoms with van der Waals surface area (Å²) in [6.07, 6.45) is 5.67. The van der Waals surface area contributed by atoms with Crippen LogP contribution in [0.3, 0.4) is 0 Å². The summed E-state index contributed by atoms with van der Waals surface area (Å²) in [6.45, 7) is 2.18. The third kappa shape index (κ3) is 2.12. The maximum Gasteiger partial charge on any atom is 0.180 e. The molecule has 1 unspecified atom stereocenters. The molecule has 0 fully saturated rings. The van der Waals surface area contributed by atoms with Crippen molar-refractivity contribution in [2.75, 3.05) is 24.3 Å². The minimum atomic E-state index is 0.259. The molecular weight excluding hydrogens is 270 g/mol. The summed E-state index contributed by atoms with van der Waals surface area (Å²) in [6, 6.07) is 4.48. The van der Waals surface area contributed by atoms with Gasteiger partial charge in [-0.1, -0.05) is 6.07 Å². The number of aromatic nitrogens is 3. The molecule has 0 aliphatic heterocycles. The van der Waals surface area contributed by atoms with Gasteiger partial charge in [0.15, 0.2) is 11.5 Å². The van der Waals surface area contributed by atoms with E-state index < -0.39 is 0 Å². The third-order valence-corrected chi connectivity index (χ3v) is 4.53. The van der Waals surface area contributed by atoms with E-state index in [1.54, 1.807) is 17.5 Å². The van der Waals surface area contributed by atoms with Gasteiger partial charge < -0.3 is 14.6 Å². The summed E-state index contributed by atoms with van der Waals surface area (Å²) < 4.78 is 1.99. The van der Waals surface area contributed by atoms with Crippen LogP contribution in [0.1, 0.15) is 17.8 Å². The van der Waals surface area contributed by atoms with Crippen molar-refractivity contribution in [1.29, 1.82) is 0 Å². The van der Waals surface area contributed by atoms with Gasteiger partial charge in [-0.3, -0.25) is 0 Å². The third-order valence-electron chi connectivity index (χ3n) is 3.48. The fourth-order valence-electron chi connectivity index (χ4n) is 2.18. The highest BCUT2D eigenvalue weighted by molar-refractivity contribution is 7.10. The summed E-state index contributed by atoms with van der Waals surface area (Å²) in [5.74, 6) is 1.71. The van der Waals surface area contributed by atoms with E-state index in [0.29, 0.717) is 0 Å². The Morgan fingerprint density at radius 3 is 3.00 bits per heavy atom. The van der Waals surface area contributed by atoms with Gasteiger partial charge in [0.1, 0.15) is 5.82 Å². The Hall–Kier alpha value is -2.08. The molecule has 20 heavy (non-hydrogen) atoms. The van der Waals surface area contributed by atoms with E-state index >= 15 is 0 Å². The molecule has 6 heteroatoms. The number of imidazole rings is 1. The molecule has 0 radical (unpaired) electrons. The van der Waals surface area contributed by atoms with Crippen LogP contribution in [0, 0.1) is 0 Å². The average molecular weight is 287 g/mol. The van der Waals surface area contributed by atoms with Gasteiger partial charge in [-0.15, -0.1) is 11.3 Å². The molecule has 0 saturated heterocycles. The molecule has 3 aromatic rings. The molecule has 0 aromatic carbocycles. The molecule has 3 heterocycles. The van der Waals surface area contributed by atoms with Crippen molar-refractivity contribution < 1.29 is 0 Å². The first kappa shape index (κ1) is 12.9. The molecule has 3 rings (SSSR count). The predicted molar refractivity (Wildman–Crippen MR) is 83.7 cm³/mol. The van der Waals surface area contributed by atoms with Crippen LogP contribution in [0.5, 0.6) is 0 Å². The van der Waals surface area contributed by atoms with Crippen LogP contribution in [-0.2, 0) is 0 Å². The molecular formula is C14H17N5S. The fraction of sp³-hybridized carbons (Fsp3) is 0.286. The quantitative estimate of drug-likeness (QED) is 0.801. The van der Waals surface area contributed by atoms with Crippen molar-refractivity contribution in [3.8, 4) is 0 Å². The zero-order chi connectivity index (χ0) is 14.1. The second-order valence-electron chi connectivity index (χ2n) is 4.66. The van der Waals surface area contributed by atoms with Crippen LogP contribution in [-0.4, -0.2) is 28.5 Å². The van der Waals surface area contributed by atoms with E-state index in [0.717, 1.165) is 17.3 Å². The number of hydrogen-bond donors (Lipinski definition) is 1. The molecule has 0 spiro atoms. The molecule has 0 aliphatic carbocycles. The summed E-state index contributed by atoms with van der Waals surface area (Å²) >= 11 is 1.76. The Morgan fingerprint density at radius 2 is 2.30 bits per heavy atom. The van der Waals surface area contributed by atoms with E-state index in [-0.39, 0.29) is 6.04 Å². The van der Waals surface area contributed by atoms with E-state index in [9.17, 15) is 0 Å². The Balaban J connectivity index is 2.06. The normalized spacial score (nSPS) is 12.6. The number of rotatable bonds is 4. The lowest BCUT2D eigenvalue weighted by atomic mass is 10.2. The highest BCUT2D eigenvalue weighted by atomic mass is 32.1. The molecule has 0 amide bonds. The van der Waals surface area contributed by atoms with Crippen molar-refractivity contribution in [1.82, 2.24) is 14.4 Å². The number of anilines is 2. The largest absolute Gasteiger partial charge is 0.372 e. The second-order valence-corrected chi connectivity index (χ2v) is 5.64. The Morgan fingerprint density at radius 1 is 1.45 bits per heavy atom. The highest BCUT2D eigenvalue weighted by Gasteiger charge is 2.18. The maximum absolute atomic E-state index is 4.66. The lowest BCUT2D eigenvalue weighted by molar-refractivity contribution is 0.742. The van der Waals surface area contributed by atoms with Crippen LogP contribution in [0.15, 0.2) is 36.1 Å². The predicted octanol–water partition coefficient (Wildman–Crippen LogP) is 3.03. The van der Waals surface area contributed by atoms with Gasteiger partial charge in [0, 0.05) is 31.4 Å². The maximum atomic E-state index is 4.66. The number of fused-ring (bicyclic) bond motifs is 1. The zero-order valence-corrected chi connectivity index (χ0v) is 12.6. The van der Waals surface area contributed by atoms with Gasteiger partial charge in [-0.25, -0.2) is 9.97 Å². The lowest BCUT2D eigenvalue weighted by Gasteiger charge is -2.25. The summed E-state index contributed by atoms with van der Waals surface area (Å²) in [7, 11) is 3.93. The van der Waals surface area contributed by atoms with E-state index in [1.807, 2.05) is 23.8 Å². The van der Waals surface area contributed by atoms with E-state index in [1.165, 1.54) is 4.88 Å². The molecule has 104 valence electrons. The molecule has 1 N–H and O–H groups in total. The first-order valence-electron chi connectivity index (χ1n) is 6.48. The van der Waals surface area contributed by atoms with Crippen LogP contribution in [0.25, 0.3) is 5.65 Å². The van der Waals surface area contributed by atoms with Gasteiger partial charge in [0.05, 0.1) is 12.2 Å². The Kier molecular flexibility index (Phi) is 3.31. The van der Waals surface area contributed by atoms with Crippen molar-refractivity contribution >= 4 is 28.6 Å². The van der Waals surface area contributed by atoms with Gasteiger partial charge in [0.25, 0.3) is 0 Å². The van der Waals surface area contributed by atoms with Crippen molar-refractivity contribution in [2.24, 2.45) is 0 Å². The number of thiophene rings is 1. The molecule has 0 aliphatic rings. The van der Waals surface area contributed by atoms with Crippen molar-refractivity contribution in [3.05, 3.63) is 41.0 Å². The monoisotopic (exact) mass is 287 g/mol. The topological polar surface area (TPSA) is 45.5 Å². The SMILES string of the molecule is CNc1cn2ccnc2c(N(C)C(C)c2cccs2)n1. The van der Waals surface area contributed by atoms with E-state index in [4.69, 9.17) is 0 Å². The van der Waals surface area contributed by atoms with Crippen LogP contribution in [0.2, 0.25) is 0 Å². The molecule has 0 saturated carbocycles. The molecule has 3 aromatic heterocycles. The molecule has 0 bridgehead atoms. The smallest absolute Gasteiger partial charge is 0.180 e. The fourth-order valence-corrected chi connectivity index (χ4v) is 3.00. The van der Waals surface area contributed by atoms with Crippen LogP contribution in [0.4, 0.5) is 11.6 Å². The highest BCUT2D eigenvalue weighted by Crippen LogP contribution is 2.29. The number of hydrogen-bond acceptors (Lipinski definition) is 5. The minimum Gasteiger partial charge on any atom is -0.372 e. The summed E-state index contributed by atoms with van der Waals surface area (Å²) in [5.41, 5.74) is 0.870. The van der Waals surface area contributed by atoms with Gasteiger partial charge in [-0.2, -0.15) is 0 Å². The summed E-state index contributed by atoms with van der Waals surface area (Å²) in [4.78, 5) is 12.5. The zero-order valence-electron chi connectivity index (χ0n) is 11.7. The minimum absolute atomic E-state index is 0.259. The lowest BCUT2D eigenvalue weighted by Crippen LogP contribution is -2.23. The van der Waals surface area contributed by atoms with Crippen molar-refractivity contribution in [3.63, 3.8) is 0 Å². The Labute approximate surface area is 121 Å².